The van der Waals surface area contributed by atoms with Crippen LogP contribution in [-0.4, -0.2) is 19.0 Å². The summed E-state index contributed by atoms with van der Waals surface area (Å²) in [4.78, 5) is 37.0. The van der Waals surface area contributed by atoms with Crippen LogP contribution in [0.15, 0.2) is 75.9 Å². The van der Waals surface area contributed by atoms with Crippen LogP contribution in [0.25, 0.3) is 11.0 Å². The summed E-state index contributed by atoms with van der Waals surface area (Å²) in [5, 5.41) is 0.275. The summed E-state index contributed by atoms with van der Waals surface area (Å²) in [6.45, 7) is 3.49. The number of aryl methyl sites for hydroxylation is 2. The molecular weight excluding hydrogens is 424 g/mol. The van der Waals surface area contributed by atoms with Gasteiger partial charge < -0.3 is 18.6 Å². The molecule has 0 aliphatic carbocycles. The van der Waals surface area contributed by atoms with E-state index in [1.54, 1.807) is 37.3 Å². The van der Waals surface area contributed by atoms with Crippen LogP contribution in [-0.2, 0) is 4.74 Å². The zero-order valence-electron chi connectivity index (χ0n) is 18.2. The monoisotopic (exact) mass is 444 g/mol. The average molecular weight is 444 g/mol. The van der Waals surface area contributed by atoms with Gasteiger partial charge in [0.1, 0.15) is 22.8 Å². The van der Waals surface area contributed by atoms with Gasteiger partial charge in [0.25, 0.3) is 0 Å². The zero-order chi connectivity index (χ0) is 23.5. The minimum atomic E-state index is -0.507. The molecule has 1 heterocycles. The Labute approximate surface area is 189 Å². The lowest BCUT2D eigenvalue weighted by Gasteiger charge is -2.10. The summed E-state index contributed by atoms with van der Waals surface area (Å²) < 4.78 is 21.6. The quantitative estimate of drug-likeness (QED) is 0.308. The second kappa shape index (κ2) is 9.00. The molecule has 0 amide bonds. The van der Waals surface area contributed by atoms with E-state index in [4.69, 9.17) is 13.9 Å². The van der Waals surface area contributed by atoms with E-state index in [0.29, 0.717) is 16.9 Å². The maximum Gasteiger partial charge on any atom is 0.343 e. The van der Waals surface area contributed by atoms with Gasteiger partial charge in [-0.15, -0.1) is 0 Å². The van der Waals surface area contributed by atoms with E-state index in [9.17, 15) is 14.4 Å². The van der Waals surface area contributed by atoms with Crippen molar-refractivity contribution in [2.24, 2.45) is 0 Å². The molecule has 0 fully saturated rings. The summed E-state index contributed by atoms with van der Waals surface area (Å²) in [5.41, 5.74) is 1.62. The maximum absolute atomic E-state index is 13.0. The molecule has 0 atom stereocenters. The smallest absolute Gasteiger partial charge is 0.343 e. The molecule has 3 aromatic carbocycles. The zero-order valence-corrected chi connectivity index (χ0v) is 18.2. The Kier molecular flexibility index (Phi) is 5.95. The Hall–Kier alpha value is -4.39. The molecule has 0 radical (unpaired) electrons. The molecule has 33 heavy (non-hydrogen) atoms. The van der Waals surface area contributed by atoms with Crippen LogP contribution in [0.3, 0.4) is 0 Å². The highest BCUT2D eigenvalue weighted by molar-refractivity contribution is 5.92. The van der Waals surface area contributed by atoms with E-state index in [0.717, 1.165) is 5.56 Å². The number of fused-ring (bicyclic) bond motifs is 1. The van der Waals surface area contributed by atoms with Crippen molar-refractivity contribution in [3.63, 3.8) is 0 Å². The van der Waals surface area contributed by atoms with Gasteiger partial charge in [-0.25, -0.2) is 9.59 Å². The van der Waals surface area contributed by atoms with Gasteiger partial charge in [0.05, 0.1) is 23.6 Å². The van der Waals surface area contributed by atoms with Crippen molar-refractivity contribution < 1.29 is 28.2 Å². The lowest BCUT2D eigenvalue weighted by Crippen LogP contribution is -2.10. The minimum Gasteiger partial charge on any atom is -0.465 e. The number of rotatable bonds is 5. The Bertz CT molecular complexity index is 1420. The largest absolute Gasteiger partial charge is 0.465 e. The van der Waals surface area contributed by atoms with Crippen molar-refractivity contribution in [3.8, 4) is 17.2 Å². The first-order chi connectivity index (χ1) is 15.9. The first kappa shape index (κ1) is 21.8. The predicted molar refractivity (Wildman–Crippen MR) is 121 cm³/mol. The molecule has 0 unspecified atom stereocenters. The van der Waals surface area contributed by atoms with E-state index in [1.165, 1.54) is 37.4 Å². The molecule has 166 valence electrons. The van der Waals surface area contributed by atoms with E-state index < -0.39 is 11.9 Å². The Morgan fingerprint density at radius 3 is 2.24 bits per heavy atom. The van der Waals surface area contributed by atoms with E-state index >= 15 is 0 Å². The van der Waals surface area contributed by atoms with Crippen molar-refractivity contribution in [2.75, 3.05) is 7.11 Å². The Morgan fingerprint density at radius 1 is 0.818 bits per heavy atom. The highest BCUT2D eigenvalue weighted by Gasteiger charge is 2.16. The maximum atomic E-state index is 13.0. The third-order valence-electron chi connectivity index (χ3n) is 4.95. The molecule has 1 aromatic heterocycles. The number of hydrogen-bond donors (Lipinski definition) is 0. The van der Waals surface area contributed by atoms with Crippen LogP contribution in [0.2, 0.25) is 0 Å². The minimum absolute atomic E-state index is 0.0258. The summed E-state index contributed by atoms with van der Waals surface area (Å²) in [6.07, 6.45) is 0. The molecule has 0 N–H and O–H groups in total. The number of hydrogen-bond acceptors (Lipinski definition) is 7. The van der Waals surface area contributed by atoms with Gasteiger partial charge in [-0.2, -0.15) is 0 Å². The lowest BCUT2D eigenvalue weighted by molar-refractivity contribution is 0.0600. The Balaban J connectivity index is 1.60. The third-order valence-corrected chi connectivity index (χ3v) is 4.95. The van der Waals surface area contributed by atoms with E-state index in [1.807, 2.05) is 13.0 Å². The normalized spacial score (nSPS) is 10.6. The fraction of sp³-hybridized carbons (Fsp3) is 0.115. The van der Waals surface area contributed by atoms with Crippen LogP contribution < -0.4 is 14.9 Å². The standard InChI is InChI=1S/C26H20O7/c1-15-5-4-6-18(13-15)26(29)33-20-11-12-21-22(14-20)31-16(2)24(23(21)27)32-19-9-7-17(8-10-19)25(28)30-3/h4-14H,1-3H3. The van der Waals surface area contributed by atoms with Gasteiger partial charge in [0, 0.05) is 6.07 Å². The summed E-state index contributed by atoms with van der Waals surface area (Å²) in [6, 6.07) is 17.8. The van der Waals surface area contributed by atoms with Crippen LogP contribution in [0.5, 0.6) is 17.2 Å². The molecule has 7 nitrogen and oxygen atoms in total. The third kappa shape index (κ3) is 4.62. The topological polar surface area (TPSA) is 92.0 Å². The number of ether oxygens (including phenoxy) is 3. The van der Waals surface area contributed by atoms with Gasteiger partial charge in [-0.05, 0) is 62.4 Å². The second-order valence-electron chi connectivity index (χ2n) is 7.35. The fourth-order valence-electron chi connectivity index (χ4n) is 3.28. The van der Waals surface area contributed by atoms with Crippen molar-refractivity contribution in [1.29, 1.82) is 0 Å². The van der Waals surface area contributed by atoms with Crippen LogP contribution in [0.1, 0.15) is 32.0 Å². The van der Waals surface area contributed by atoms with Crippen LogP contribution in [0, 0.1) is 13.8 Å². The molecule has 0 aliphatic heterocycles. The first-order valence-corrected chi connectivity index (χ1v) is 10.1. The van der Waals surface area contributed by atoms with Crippen molar-refractivity contribution in [3.05, 3.63) is 99.4 Å². The average Bonchev–Trinajstić information content (AvgIpc) is 2.81. The van der Waals surface area contributed by atoms with E-state index in [-0.39, 0.29) is 33.7 Å². The number of methoxy groups -OCH3 is 1. The van der Waals surface area contributed by atoms with Crippen molar-refractivity contribution >= 4 is 22.9 Å². The molecule has 0 saturated heterocycles. The lowest BCUT2D eigenvalue weighted by atomic mass is 10.1. The second-order valence-corrected chi connectivity index (χ2v) is 7.35. The first-order valence-electron chi connectivity index (χ1n) is 10.1. The molecule has 0 spiro atoms. The predicted octanol–water partition coefficient (Wildman–Crippen LogP) is 5.21. The highest BCUT2D eigenvalue weighted by Crippen LogP contribution is 2.28. The number of esters is 2. The summed E-state index contributed by atoms with van der Waals surface area (Å²) in [5.74, 6) is -0.0800. The molecular formula is C26H20O7. The molecule has 0 saturated carbocycles. The van der Waals surface area contributed by atoms with Gasteiger partial charge in [-0.1, -0.05) is 17.7 Å². The van der Waals surface area contributed by atoms with Crippen molar-refractivity contribution in [1.82, 2.24) is 0 Å². The van der Waals surface area contributed by atoms with Crippen LogP contribution in [0.4, 0.5) is 0 Å². The molecule has 0 aliphatic rings. The van der Waals surface area contributed by atoms with Gasteiger partial charge in [0.15, 0.2) is 0 Å². The van der Waals surface area contributed by atoms with Crippen LogP contribution >= 0.6 is 0 Å². The van der Waals surface area contributed by atoms with Gasteiger partial charge in [-0.3, -0.25) is 4.79 Å². The van der Waals surface area contributed by atoms with Crippen molar-refractivity contribution in [2.45, 2.75) is 13.8 Å². The number of carbonyl (C=O) groups excluding carboxylic acids is 2. The van der Waals surface area contributed by atoms with Gasteiger partial charge in [0.2, 0.25) is 11.2 Å². The summed E-state index contributed by atoms with van der Waals surface area (Å²) in [7, 11) is 1.30. The number of carbonyl (C=O) groups is 2. The molecule has 0 bridgehead atoms. The van der Waals surface area contributed by atoms with Gasteiger partial charge >= 0.3 is 11.9 Å². The fourth-order valence-corrected chi connectivity index (χ4v) is 3.28. The molecule has 4 aromatic rings. The summed E-state index contributed by atoms with van der Waals surface area (Å²) >= 11 is 0. The molecule has 4 rings (SSSR count). The highest BCUT2D eigenvalue weighted by atomic mass is 16.5. The number of benzene rings is 3. The van der Waals surface area contributed by atoms with E-state index in [2.05, 4.69) is 4.74 Å². The Morgan fingerprint density at radius 2 is 1.55 bits per heavy atom. The molecule has 7 heteroatoms. The SMILES string of the molecule is COC(=O)c1ccc(Oc2c(C)oc3cc(OC(=O)c4cccc(C)c4)ccc3c2=O)cc1.